The van der Waals surface area contributed by atoms with Crippen LogP contribution in [0.1, 0.15) is 27.0 Å². The van der Waals surface area contributed by atoms with Gasteiger partial charge in [0.1, 0.15) is 5.75 Å². The van der Waals surface area contributed by atoms with E-state index in [1.165, 1.54) is 16.9 Å². The molecule has 5 aromatic rings. The lowest BCUT2D eigenvalue weighted by Gasteiger charge is -2.09. The van der Waals surface area contributed by atoms with E-state index in [1.54, 1.807) is 42.6 Å². The number of hydrogen-bond donors (Lipinski definition) is 3. The minimum atomic E-state index is -0.322. The number of carbonyl (C=O) groups excluding carboxylic acids is 2. The van der Waals surface area contributed by atoms with Gasteiger partial charge in [-0.3, -0.25) is 9.59 Å². The molecule has 0 atom stereocenters. The van der Waals surface area contributed by atoms with Crippen molar-refractivity contribution >= 4 is 45.9 Å². The maximum atomic E-state index is 12.6. The summed E-state index contributed by atoms with van der Waals surface area (Å²) in [5.41, 5.74) is 9.47. The van der Waals surface area contributed by atoms with E-state index >= 15 is 0 Å². The van der Waals surface area contributed by atoms with Gasteiger partial charge < -0.3 is 15.4 Å². The molecule has 4 aromatic carbocycles. The number of nitrogens with zero attached hydrogens (tertiary/aromatic N) is 2. The summed E-state index contributed by atoms with van der Waals surface area (Å²) in [5.74, 6) is -0.0102. The molecule has 1 heterocycles. The number of aryl methyl sites for hydroxylation is 2. The Hall–Kier alpha value is -5.28. The summed E-state index contributed by atoms with van der Waals surface area (Å²) in [5, 5.41) is 13.0. The predicted octanol–water partition coefficient (Wildman–Crippen LogP) is 6.95. The van der Waals surface area contributed by atoms with Crippen LogP contribution in [0.15, 0.2) is 108 Å². The minimum absolute atomic E-state index is 0.107. The summed E-state index contributed by atoms with van der Waals surface area (Å²) in [6.07, 6.45) is 1.54. The van der Waals surface area contributed by atoms with Crippen LogP contribution in [0.4, 0.5) is 16.5 Å². The van der Waals surface area contributed by atoms with E-state index in [0.29, 0.717) is 11.3 Å². The number of rotatable bonds is 10. The minimum Gasteiger partial charge on any atom is -0.484 e. The first kappa shape index (κ1) is 28.3. The fourth-order valence-corrected chi connectivity index (χ4v) is 4.68. The fourth-order valence-electron chi connectivity index (χ4n) is 3.94. The van der Waals surface area contributed by atoms with Gasteiger partial charge in [0.2, 0.25) is 0 Å². The molecule has 0 fully saturated rings. The quantitative estimate of drug-likeness (QED) is 0.123. The van der Waals surface area contributed by atoms with Crippen LogP contribution in [0.3, 0.4) is 0 Å². The molecule has 0 aliphatic rings. The lowest BCUT2D eigenvalue weighted by molar-refractivity contribution is -0.118. The Labute approximate surface area is 248 Å². The Balaban J connectivity index is 1.08. The van der Waals surface area contributed by atoms with Gasteiger partial charge in [0.15, 0.2) is 11.7 Å². The molecule has 5 rings (SSSR count). The monoisotopic (exact) mass is 575 g/mol. The van der Waals surface area contributed by atoms with Crippen LogP contribution in [0.5, 0.6) is 5.75 Å². The molecule has 3 N–H and O–H groups in total. The normalized spacial score (nSPS) is 10.8. The number of amides is 2. The van der Waals surface area contributed by atoms with Crippen LogP contribution >= 0.6 is 11.3 Å². The van der Waals surface area contributed by atoms with Gasteiger partial charge in [-0.05, 0) is 79.6 Å². The van der Waals surface area contributed by atoms with Gasteiger partial charge in [0, 0.05) is 27.9 Å². The van der Waals surface area contributed by atoms with Gasteiger partial charge in [-0.2, -0.15) is 5.10 Å². The largest absolute Gasteiger partial charge is 0.484 e. The fraction of sp³-hybridized carbons (Fsp3) is 0.0909. The molecule has 1 aromatic heterocycles. The average Bonchev–Trinajstić information content (AvgIpc) is 3.47. The van der Waals surface area contributed by atoms with Gasteiger partial charge >= 0.3 is 0 Å². The van der Waals surface area contributed by atoms with E-state index in [2.05, 4.69) is 33.1 Å². The molecule has 0 unspecified atom stereocenters. The molecule has 9 heteroatoms. The smallest absolute Gasteiger partial charge is 0.271 e. The molecule has 0 aliphatic carbocycles. The third-order valence-electron chi connectivity index (χ3n) is 6.30. The zero-order chi connectivity index (χ0) is 29.3. The highest BCUT2D eigenvalue weighted by Crippen LogP contribution is 2.27. The molecule has 42 heavy (non-hydrogen) atoms. The molecule has 0 aliphatic heterocycles. The first-order chi connectivity index (χ1) is 20.4. The van der Waals surface area contributed by atoms with Crippen LogP contribution in [-0.2, 0) is 4.79 Å². The van der Waals surface area contributed by atoms with Gasteiger partial charge in [-0.15, -0.1) is 11.3 Å². The number of ether oxygens (including phenoxy) is 1. The molecular formula is C33H29N5O3S. The van der Waals surface area contributed by atoms with E-state index in [1.807, 2.05) is 73.0 Å². The summed E-state index contributed by atoms with van der Waals surface area (Å²) < 4.78 is 5.58. The van der Waals surface area contributed by atoms with E-state index in [-0.39, 0.29) is 18.4 Å². The van der Waals surface area contributed by atoms with Crippen molar-refractivity contribution in [3.63, 3.8) is 0 Å². The second-order valence-electron chi connectivity index (χ2n) is 9.53. The molecule has 210 valence electrons. The predicted molar refractivity (Wildman–Crippen MR) is 169 cm³/mol. The summed E-state index contributed by atoms with van der Waals surface area (Å²) in [7, 11) is 0. The highest BCUT2D eigenvalue weighted by atomic mass is 32.1. The van der Waals surface area contributed by atoms with E-state index < -0.39 is 0 Å². The van der Waals surface area contributed by atoms with Gasteiger partial charge in [0.25, 0.3) is 11.8 Å². The van der Waals surface area contributed by atoms with Crippen LogP contribution in [0, 0.1) is 13.8 Å². The molecule has 0 saturated heterocycles. The lowest BCUT2D eigenvalue weighted by Crippen LogP contribution is -2.20. The second kappa shape index (κ2) is 13.4. The van der Waals surface area contributed by atoms with E-state index in [4.69, 9.17) is 4.74 Å². The van der Waals surface area contributed by atoms with Crippen molar-refractivity contribution in [2.45, 2.75) is 13.8 Å². The van der Waals surface area contributed by atoms with Crippen molar-refractivity contribution in [2.75, 3.05) is 17.2 Å². The number of hydrazone groups is 1. The summed E-state index contributed by atoms with van der Waals surface area (Å²) >= 11 is 1.52. The van der Waals surface area contributed by atoms with Crippen molar-refractivity contribution < 1.29 is 14.3 Å². The number of thiazole rings is 1. The molecule has 0 bridgehead atoms. The topological polar surface area (TPSA) is 105 Å². The molecular weight excluding hydrogens is 546 g/mol. The standard InChI is InChI=1S/C33H29N5O3S/c1-22-7-15-27(16-8-22)35-33-37-30(21-42-33)25-11-13-26(14-12-25)32(40)38-34-19-24-9-17-28(18-10-24)41-20-31(39)36-29-6-4-3-5-23(29)2/h3-19,21H,20H2,1-2H3,(H,35,37)(H,36,39)(H,38,40)/b34-19+. The maximum absolute atomic E-state index is 12.6. The molecule has 0 radical (unpaired) electrons. The first-order valence-corrected chi connectivity index (χ1v) is 14.1. The third kappa shape index (κ3) is 7.67. The highest BCUT2D eigenvalue weighted by molar-refractivity contribution is 7.14. The Morgan fingerprint density at radius 2 is 1.64 bits per heavy atom. The number of para-hydroxylation sites is 1. The molecule has 2 amide bonds. The van der Waals surface area contributed by atoms with Gasteiger partial charge in [-0.25, -0.2) is 10.4 Å². The van der Waals surface area contributed by atoms with Crippen LogP contribution in [0.25, 0.3) is 11.3 Å². The Kier molecular flexibility index (Phi) is 9.00. The van der Waals surface area contributed by atoms with Gasteiger partial charge in [-0.1, -0.05) is 48.0 Å². The lowest BCUT2D eigenvalue weighted by atomic mass is 10.1. The van der Waals surface area contributed by atoms with Gasteiger partial charge in [0.05, 0.1) is 11.9 Å². The second-order valence-corrected chi connectivity index (χ2v) is 10.4. The number of hydrogen-bond acceptors (Lipinski definition) is 7. The van der Waals surface area contributed by atoms with Crippen molar-refractivity contribution in [1.82, 2.24) is 10.4 Å². The van der Waals surface area contributed by atoms with Crippen LogP contribution in [0.2, 0.25) is 0 Å². The number of benzene rings is 4. The van der Waals surface area contributed by atoms with Crippen LogP contribution in [-0.4, -0.2) is 29.6 Å². The van der Waals surface area contributed by atoms with E-state index in [9.17, 15) is 9.59 Å². The van der Waals surface area contributed by atoms with Crippen molar-refractivity contribution in [3.8, 4) is 17.0 Å². The molecule has 0 saturated carbocycles. The van der Waals surface area contributed by atoms with Crippen molar-refractivity contribution in [1.29, 1.82) is 0 Å². The average molecular weight is 576 g/mol. The Morgan fingerprint density at radius 1 is 0.905 bits per heavy atom. The SMILES string of the molecule is Cc1ccc(Nc2nc(-c3ccc(C(=O)N/N=C/c4ccc(OCC(=O)Nc5ccccc5C)cc4)cc3)cs2)cc1. The number of aromatic nitrogens is 1. The maximum Gasteiger partial charge on any atom is 0.271 e. The number of anilines is 3. The summed E-state index contributed by atoms with van der Waals surface area (Å²) in [4.78, 5) is 29.4. The Morgan fingerprint density at radius 3 is 2.38 bits per heavy atom. The highest BCUT2D eigenvalue weighted by Gasteiger charge is 2.09. The van der Waals surface area contributed by atoms with Crippen molar-refractivity contribution in [3.05, 3.63) is 125 Å². The molecule has 0 spiro atoms. The van der Waals surface area contributed by atoms with Crippen LogP contribution < -0.4 is 20.8 Å². The van der Waals surface area contributed by atoms with Crippen molar-refractivity contribution in [2.24, 2.45) is 5.10 Å². The first-order valence-electron chi connectivity index (χ1n) is 13.2. The summed E-state index contributed by atoms with van der Waals surface area (Å²) in [6, 6.07) is 30.0. The number of carbonyl (C=O) groups is 2. The van der Waals surface area contributed by atoms with E-state index in [0.717, 1.165) is 38.9 Å². The number of nitrogens with one attached hydrogen (secondary N) is 3. The zero-order valence-corrected chi connectivity index (χ0v) is 23.9. The molecule has 8 nitrogen and oxygen atoms in total. The zero-order valence-electron chi connectivity index (χ0n) is 23.1. The summed E-state index contributed by atoms with van der Waals surface area (Å²) in [6.45, 7) is 3.88. The Bertz CT molecular complexity index is 1700. The third-order valence-corrected chi connectivity index (χ3v) is 7.06.